The van der Waals surface area contributed by atoms with Crippen molar-refractivity contribution >= 4 is 23.4 Å². The second kappa shape index (κ2) is 8.63. The second-order valence-electron chi connectivity index (χ2n) is 4.95. The number of halogens is 1. The quantitative estimate of drug-likeness (QED) is 0.773. The van der Waals surface area contributed by atoms with Crippen molar-refractivity contribution in [2.75, 3.05) is 26.7 Å². The molecule has 0 N–H and O–H groups in total. The fraction of sp³-hybridized carbons (Fsp3) is 0.500. The van der Waals surface area contributed by atoms with Gasteiger partial charge in [-0.25, -0.2) is 0 Å². The standard InChI is InChI=1S/C16H23ClN2O3/c1-5-19(6-2)15(20)11-18(4)16(21)12(3)22-14-10-8-7-9-13(14)17/h7-10,12H,5-6,11H2,1-4H3. The Balaban J connectivity index is 2.62. The number of likely N-dealkylation sites (N-methyl/N-ethyl adjacent to an activating group) is 2. The average molecular weight is 327 g/mol. The van der Waals surface area contributed by atoms with Gasteiger partial charge in [0.1, 0.15) is 5.75 Å². The van der Waals surface area contributed by atoms with Crippen molar-refractivity contribution in [3.05, 3.63) is 29.3 Å². The molecule has 0 bridgehead atoms. The molecule has 0 aliphatic carbocycles. The molecule has 1 unspecified atom stereocenters. The van der Waals surface area contributed by atoms with Crippen LogP contribution in [0.1, 0.15) is 20.8 Å². The monoisotopic (exact) mass is 326 g/mol. The summed E-state index contributed by atoms with van der Waals surface area (Å²) in [5, 5.41) is 0.448. The van der Waals surface area contributed by atoms with Crippen LogP contribution in [0.2, 0.25) is 5.02 Å². The lowest BCUT2D eigenvalue weighted by Crippen LogP contribution is -2.45. The van der Waals surface area contributed by atoms with E-state index in [-0.39, 0.29) is 18.4 Å². The molecule has 5 nitrogen and oxygen atoms in total. The third kappa shape index (κ3) is 4.91. The van der Waals surface area contributed by atoms with Gasteiger partial charge in [0.25, 0.3) is 5.91 Å². The summed E-state index contributed by atoms with van der Waals surface area (Å²) in [5.74, 6) is 0.111. The summed E-state index contributed by atoms with van der Waals surface area (Å²) in [6.45, 7) is 6.76. The molecule has 2 amide bonds. The zero-order chi connectivity index (χ0) is 16.7. The summed E-state index contributed by atoms with van der Waals surface area (Å²) in [6, 6.07) is 6.97. The minimum Gasteiger partial charge on any atom is -0.479 e. The fourth-order valence-corrected chi connectivity index (χ4v) is 2.23. The Morgan fingerprint density at radius 1 is 1.23 bits per heavy atom. The van der Waals surface area contributed by atoms with Gasteiger partial charge in [-0.2, -0.15) is 0 Å². The Hall–Kier alpha value is -1.75. The van der Waals surface area contributed by atoms with E-state index in [0.717, 1.165) is 0 Å². The Morgan fingerprint density at radius 3 is 2.36 bits per heavy atom. The summed E-state index contributed by atoms with van der Waals surface area (Å²) in [6.07, 6.45) is -0.714. The molecule has 122 valence electrons. The van der Waals surface area contributed by atoms with Crippen molar-refractivity contribution < 1.29 is 14.3 Å². The summed E-state index contributed by atoms with van der Waals surface area (Å²) in [7, 11) is 1.59. The zero-order valence-corrected chi connectivity index (χ0v) is 14.3. The van der Waals surface area contributed by atoms with Crippen molar-refractivity contribution in [1.29, 1.82) is 0 Å². The second-order valence-corrected chi connectivity index (χ2v) is 5.36. The SMILES string of the molecule is CCN(CC)C(=O)CN(C)C(=O)C(C)Oc1ccccc1Cl. The maximum atomic E-state index is 12.3. The van der Waals surface area contributed by atoms with E-state index >= 15 is 0 Å². The largest absolute Gasteiger partial charge is 0.479 e. The van der Waals surface area contributed by atoms with Gasteiger partial charge in [0.15, 0.2) is 6.10 Å². The van der Waals surface area contributed by atoms with E-state index in [1.165, 1.54) is 4.90 Å². The van der Waals surface area contributed by atoms with Crippen LogP contribution in [0.15, 0.2) is 24.3 Å². The highest BCUT2D eigenvalue weighted by Gasteiger charge is 2.23. The van der Waals surface area contributed by atoms with Crippen molar-refractivity contribution in [3.8, 4) is 5.75 Å². The number of benzene rings is 1. The molecule has 0 aliphatic heterocycles. The number of para-hydroxylation sites is 1. The van der Waals surface area contributed by atoms with E-state index in [1.54, 1.807) is 43.1 Å². The molecule has 0 fully saturated rings. The van der Waals surface area contributed by atoms with E-state index in [4.69, 9.17) is 16.3 Å². The van der Waals surface area contributed by atoms with Crippen molar-refractivity contribution in [2.24, 2.45) is 0 Å². The highest BCUT2D eigenvalue weighted by atomic mass is 35.5. The first-order valence-electron chi connectivity index (χ1n) is 7.34. The highest BCUT2D eigenvalue weighted by molar-refractivity contribution is 6.32. The molecular weight excluding hydrogens is 304 g/mol. The number of carbonyl (C=O) groups excluding carboxylic acids is 2. The van der Waals surface area contributed by atoms with Gasteiger partial charge in [0.2, 0.25) is 5.91 Å². The van der Waals surface area contributed by atoms with Gasteiger partial charge < -0.3 is 14.5 Å². The van der Waals surface area contributed by atoms with E-state index < -0.39 is 6.10 Å². The van der Waals surface area contributed by atoms with Gasteiger partial charge in [0, 0.05) is 20.1 Å². The summed E-state index contributed by atoms with van der Waals surface area (Å²) in [5.41, 5.74) is 0. The first kappa shape index (κ1) is 18.3. The zero-order valence-electron chi connectivity index (χ0n) is 13.5. The van der Waals surface area contributed by atoms with Gasteiger partial charge in [-0.05, 0) is 32.9 Å². The molecule has 0 aromatic heterocycles. The lowest BCUT2D eigenvalue weighted by atomic mass is 10.3. The number of rotatable bonds is 7. The summed E-state index contributed by atoms with van der Waals surface area (Å²) < 4.78 is 5.57. The fourth-order valence-electron chi connectivity index (χ4n) is 2.05. The topological polar surface area (TPSA) is 49.9 Å². The van der Waals surface area contributed by atoms with Gasteiger partial charge in [-0.15, -0.1) is 0 Å². The van der Waals surface area contributed by atoms with Gasteiger partial charge in [0.05, 0.1) is 11.6 Å². The third-order valence-corrected chi connectivity index (χ3v) is 3.67. The maximum absolute atomic E-state index is 12.3. The molecule has 6 heteroatoms. The number of ether oxygens (including phenoxy) is 1. The molecule has 0 radical (unpaired) electrons. The summed E-state index contributed by atoms with van der Waals surface area (Å²) in [4.78, 5) is 27.4. The van der Waals surface area contributed by atoms with Gasteiger partial charge in [-0.1, -0.05) is 23.7 Å². The van der Waals surface area contributed by atoms with Crippen LogP contribution < -0.4 is 4.74 Å². The highest BCUT2D eigenvalue weighted by Crippen LogP contribution is 2.24. The minimum absolute atomic E-state index is 0.0384. The third-order valence-electron chi connectivity index (χ3n) is 3.35. The molecule has 0 heterocycles. The van der Waals surface area contributed by atoms with Gasteiger partial charge >= 0.3 is 0 Å². The minimum atomic E-state index is -0.714. The van der Waals surface area contributed by atoms with E-state index in [0.29, 0.717) is 23.9 Å². The maximum Gasteiger partial charge on any atom is 0.263 e. The van der Waals surface area contributed by atoms with Crippen LogP contribution in [0.5, 0.6) is 5.75 Å². The smallest absolute Gasteiger partial charge is 0.263 e. The van der Waals surface area contributed by atoms with Crippen LogP contribution in [0, 0.1) is 0 Å². The molecule has 1 atom stereocenters. The Labute approximate surface area is 136 Å². The number of nitrogens with zero attached hydrogens (tertiary/aromatic N) is 2. The molecule has 0 saturated carbocycles. The number of carbonyl (C=O) groups is 2. The predicted octanol–water partition coefficient (Wildman–Crippen LogP) is 2.43. The Morgan fingerprint density at radius 2 is 1.82 bits per heavy atom. The average Bonchev–Trinajstić information content (AvgIpc) is 2.49. The lowest BCUT2D eigenvalue weighted by molar-refractivity contribution is -0.143. The van der Waals surface area contributed by atoms with Crippen LogP contribution in [0.25, 0.3) is 0 Å². The first-order chi connectivity index (χ1) is 10.4. The molecular formula is C16H23ClN2O3. The molecule has 0 spiro atoms. The van der Waals surface area contributed by atoms with E-state index in [1.807, 2.05) is 13.8 Å². The predicted molar refractivity (Wildman–Crippen MR) is 87.1 cm³/mol. The number of amides is 2. The van der Waals surface area contributed by atoms with Crippen LogP contribution in [-0.4, -0.2) is 54.4 Å². The lowest BCUT2D eigenvalue weighted by Gasteiger charge is -2.25. The Kier molecular flexibility index (Phi) is 7.18. The Bertz CT molecular complexity index is 518. The van der Waals surface area contributed by atoms with Crippen LogP contribution in [-0.2, 0) is 9.59 Å². The van der Waals surface area contributed by atoms with Crippen molar-refractivity contribution in [2.45, 2.75) is 26.9 Å². The van der Waals surface area contributed by atoms with Crippen molar-refractivity contribution in [3.63, 3.8) is 0 Å². The normalized spacial score (nSPS) is 11.7. The first-order valence-corrected chi connectivity index (χ1v) is 7.72. The van der Waals surface area contributed by atoms with E-state index in [2.05, 4.69) is 0 Å². The van der Waals surface area contributed by atoms with Crippen molar-refractivity contribution in [1.82, 2.24) is 9.80 Å². The molecule has 1 aromatic carbocycles. The van der Waals surface area contributed by atoms with Gasteiger partial charge in [-0.3, -0.25) is 9.59 Å². The molecule has 1 rings (SSSR count). The number of hydrogen-bond acceptors (Lipinski definition) is 3. The molecule has 22 heavy (non-hydrogen) atoms. The van der Waals surface area contributed by atoms with Crippen LogP contribution in [0.4, 0.5) is 0 Å². The van der Waals surface area contributed by atoms with Crippen LogP contribution in [0.3, 0.4) is 0 Å². The molecule has 1 aromatic rings. The molecule has 0 aliphatic rings. The number of hydrogen-bond donors (Lipinski definition) is 0. The summed E-state index contributed by atoms with van der Waals surface area (Å²) >= 11 is 6.01. The van der Waals surface area contributed by atoms with Crippen LogP contribution >= 0.6 is 11.6 Å². The van der Waals surface area contributed by atoms with E-state index in [9.17, 15) is 9.59 Å². The molecule has 0 saturated heterocycles.